The first kappa shape index (κ1) is 16.4. The molecule has 0 spiro atoms. The molecule has 0 saturated carbocycles. The lowest BCUT2D eigenvalue weighted by molar-refractivity contribution is 0.476. The molecule has 0 aliphatic carbocycles. The summed E-state index contributed by atoms with van der Waals surface area (Å²) in [5.41, 5.74) is 4.29. The van der Waals surface area contributed by atoms with E-state index in [9.17, 15) is 0 Å². The summed E-state index contributed by atoms with van der Waals surface area (Å²) >= 11 is 4.16. The van der Waals surface area contributed by atoms with Crippen LogP contribution in [-0.4, -0.2) is 0 Å². The molecule has 3 N–H and O–H groups in total. The number of rotatable bonds is 10. The maximum atomic E-state index is 5.65. The van der Waals surface area contributed by atoms with E-state index in [1.807, 2.05) is 0 Å². The van der Waals surface area contributed by atoms with Crippen molar-refractivity contribution >= 4 is 33.9 Å². The lowest BCUT2D eigenvalue weighted by atomic mass is 10.0. The van der Waals surface area contributed by atoms with Crippen LogP contribution < -0.4 is 11.3 Å². The molecule has 4 heteroatoms. The van der Waals surface area contributed by atoms with Gasteiger partial charge in [-0.05, 0) is 46.0 Å². The zero-order valence-electron chi connectivity index (χ0n) is 11.3. The quantitative estimate of drug-likeness (QED) is 0.260. The Hall–Kier alpha value is 0.350. The van der Waals surface area contributed by atoms with E-state index in [0.29, 0.717) is 6.04 Å². The largest absolute Gasteiger partial charge is 0.271 e. The van der Waals surface area contributed by atoms with E-state index in [2.05, 4.69) is 46.4 Å². The van der Waals surface area contributed by atoms with E-state index in [1.165, 1.54) is 53.4 Å². The standard InChI is InChI=1S/C14H25IN2S/c1-2-3-4-5-6-7-8-9-13(17-16)12-10-14(15)18-11-12/h10-11,13,17H,2-9,16H2,1H3. The summed E-state index contributed by atoms with van der Waals surface area (Å²) in [6.07, 6.45) is 10.6. The summed E-state index contributed by atoms with van der Waals surface area (Å²) in [7, 11) is 0. The Morgan fingerprint density at radius 3 is 2.44 bits per heavy atom. The highest BCUT2D eigenvalue weighted by atomic mass is 127. The summed E-state index contributed by atoms with van der Waals surface area (Å²) in [6.45, 7) is 2.26. The van der Waals surface area contributed by atoms with Gasteiger partial charge in [0.1, 0.15) is 0 Å². The zero-order valence-corrected chi connectivity index (χ0v) is 14.2. The second kappa shape index (κ2) is 10.2. The molecule has 0 aliphatic rings. The molecule has 0 bridgehead atoms. The van der Waals surface area contributed by atoms with Gasteiger partial charge in [-0.2, -0.15) is 0 Å². The molecule has 2 nitrogen and oxygen atoms in total. The molecule has 0 fully saturated rings. The molecule has 0 saturated heterocycles. The summed E-state index contributed by atoms with van der Waals surface area (Å²) in [5, 5.41) is 2.22. The predicted molar refractivity (Wildman–Crippen MR) is 89.7 cm³/mol. The Kier molecular flexibility index (Phi) is 9.27. The van der Waals surface area contributed by atoms with E-state index in [0.717, 1.165) is 6.42 Å². The highest BCUT2D eigenvalue weighted by molar-refractivity contribution is 14.1. The Balaban J connectivity index is 2.13. The van der Waals surface area contributed by atoms with Crippen LogP contribution in [0.5, 0.6) is 0 Å². The average Bonchev–Trinajstić information content (AvgIpc) is 2.79. The van der Waals surface area contributed by atoms with E-state index in [-0.39, 0.29) is 0 Å². The smallest absolute Gasteiger partial charge is 0.0656 e. The van der Waals surface area contributed by atoms with Crippen molar-refractivity contribution in [2.24, 2.45) is 5.84 Å². The van der Waals surface area contributed by atoms with E-state index < -0.39 is 0 Å². The molecule has 0 amide bonds. The Labute approximate surface area is 129 Å². The minimum Gasteiger partial charge on any atom is -0.271 e. The molecule has 18 heavy (non-hydrogen) atoms. The molecular formula is C14H25IN2S. The highest BCUT2D eigenvalue weighted by Gasteiger charge is 2.10. The Bertz CT molecular complexity index is 314. The third kappa shape index (κ3) is 6.50. The number of hydrogen-bond donors (Lipinski definition) is 2. The lowest BCUT2D eigenvalue weighted by Gasteiger charge is -2.14. The van der Waals surface area contributed by atoms with Crippen LogP contribution in [0.15, 0.2) is 11.4 Å². The summed E-state index contributed by atoms with van der Waals surface area (Å²) in [5.74, 6) is 5.65. The normalized spacial score (nSPS) is 12.8. The number of thiophene rings is 1. The Morgan fingerprint density at radius 1 is 1.22 bits per heavy atom. The van der Waals surface area contributed by atoms with Crippen molar-refractivity contribution in [3.05, 3.63) is 19.9 Å². The molecule has 1 rings (SSSR count). The van der Waals surface area contributed by atoms with Crippen molar-refractivity contribution in [3.63, 3.8) is 0 Å². The zero-order chi connectivity index (χ0) is 13.2. The van der Waals surface area contributed by atoms with Crippen molar-refractivity contribution in [1.82, 2.24) is 5.43 Å². The van der Waals surface area contributed by atoms with Gasteiger partial charge in [0, 0.05) is 6.04 Å². The SMILES string of the molecule is CCCCCCCCCC(NN)c1csc(I)c1. The molecule has 1 heterocycles. The molecule has 1 aromatic rings. The number of halogens is 1. The summed E-state index contributed by atoms with van der Waals surface area (Å²) < 4.78 is 1.34. The first-order valence-corrected chi connectivity index (χ1v) is 8.93. The molecule has 1 atom stereocenters. The number of unbranched alkanes of at least 4 members (excludes halogenated alkanes) is 6. The van der Waals surface area contributed by atoms with Crippen LogP contribution in [0.25, 0.3) is 0 Å². The van der Waals surface area contributed by atoms with Gasteiger partial charge in [-0.15, -0.1) is 11.3 Å². The van der Waals surface area contributed by atoms with Crippen molar-refractivity contribution in [2.45, 2.75) is 64.3 Å². The van der Waals surface area contributed by atoms with Crippen molar-refractivity contribution in [3.8, 4) is 0 Å². The Morgan fingerprint density at radius 2 is 1.89 bits per heavy atom. The van der Waals surface area contributed by atoms with Crippen LogP contribution in [0.2, 0.25) is 0 Å². The number of nitrogens with two attached hydrogens (primary N) is 1. The van der Waals surface area contributed by atoms with Gasteiger partial charge in [0.05, 0.1) is 2.88 Å². The van der Waals surface area contributed by atoms with Crippen LogP contribution in [0.3, 0.4) is 0 Å². The first-order valence-electron chi connectivity index (χ1n) is 6.98. The number of hydrogen-bond acceptors (Lipinski definition) is 3. The van der Waals surface area contributed by atoms with E-state index >= 15 is 0 Å². The predicted octanol–water partition coefficient (Wildman–Crippen LogP) is 5.00. The molecular weight excluding hydrogens is 355 g/mol. The van der Waals surface area contributed by atoms with Crippen LogP contribution in [0.4, 0.5) is 0 Å². The van der Waals surface area contributed by atoms with Crippen molar-refractivity contribution in [2.75, 3.05) is 0 Å². The van der Waals surface area contributed by atoms with Gasteiger partial charge < -0.3 is 0 Å². The second-order valence-corrected chi connectivity index (χ2v) is 7.62. The van der Waals surface area contributed by atoms with Gasteiger partial charge >= 0.3 is 0 Å². The van der Waals surface area contributed by atoms with Gasteiger partial charge in [0.25, 0.3) is 0 Å². The average molecular weight is 380 g/mol. The van der Waals surface area contributed by atoms with Crippen LogP contribution in [0, 0.1) is 2.88 Å². The van der Waals surface area contributed by atoms with E-state index in [1.54, 1.807) is 11.3 Å². The summed E-state index contributed by atoms with van der Waals surface area (Å²) in [6, 6.07) is 2.57. The monoisotopic (exact) mass is 380 g/mol. The number of nitrogens with one attached hydrogen (secondary N) is 1. The van der Waals surface area contributed by atoms with Gasteiger partial charge in [-0.25, -0.2) is 0 Å². The lowest BCUT2D eigenvalue weighted by Crippen LogP contribution is -2.27. The second-order valence-electron chi connectivity index (χ2n) is 4.81. The molecule has 0 radical (unpaired) electrons. The maximum absolute atomic E-state index is 5.65. The van der Waals surface area contributed by atoms with Crippen molar-refractivity contribution in [1.29, 1.82) is 0 Å². The van der Waals surface area contributed by atoms with E-state index in [4.69, 9.17) is 5.84 Å². The minimum absolute atomic E-state index is 0.334. The van der Waals surface area contributed by atoms with Gasteiger partial charge in [0.2, 0.25) is 0 Å². The molecule has 0 aliphatic heterocycles. The molecule has 104 valence electrons. The molecule has 1 unspecified atom stereocenters. The third-order valence-electron chi connectivity index (χ3n) is 3.29. The van der Waals surface area contributed by atoms with Crippen LogP contribution in [-0.2, 0) is 0 Å². The summed E-state index contributed by atoms with van der Waals surface area (Å²) in [4.78, 5) is 0. The fraction of sp³-hybridized carbons (Fsp3) is 0.714. The fourth-order valence-corrected chi connectivity index (χ4v) is 3.58. The highest BCUT2D eigenvalue weighted by Crippen LogP contribution is 2.25. The molecule has 1 aromatic heterocycles. The minimum atomic E-state index is 0.334. The number of hydrazine groups is 1. The topological polar surface area (TPSA) is 38.0 Å². The van der Waals surface area contributed by atoms with Crippen LogP contribution in [0.1, 0.15) is 69.9 Å². The third-order valence-corrected chi connectivity index (χ3v) is 5.09. The van der Waals surface area contributed by atoms with Crippen LogP contribution >= 0.6 is 33.9 Å². The maximum Gasteiger partial charge on any atom is 0.0656 e. The fourth-order valence-electron chi connectivity index (χ4n) is 2.16. The van der Waals surface area contributed by atoms with Gasteiger partial charge in [0.15, 0.2) is 0 Å². The molecule has 0 aromatic carbocycles. The van der Waals surface area contributed by atoms with Crippen molar-refractivity contribution < 1.29 is 0 Å². The van der Waals surface area contributed by atoms with Gasteiger partial charge in [-0.1, -0.05) is 51.9 Å². The van der Waals surface area contributed by atoms with Gasteiger partial charge in [-0.3, -0.25) is 11.3 Å². The first-order chi connectivity index (χ1) is 8.77.